The zero-order valence-corrected chi connectivity index (χ0v) is 18.4. The topological polar surface area (TPSA) is 130 Å². The van der Waals surface area contributed by atoms with Gasteiger partial charge in [-0.15, -0.1) is 0 Å². The molecule has 3 aromatic heterocycles. The molecule has 2 fully saturated rings. The average Bonchev–Trinajstić information content (AvgIpc) is 3.53. The lowest BCUT2D eigenvalue weighted by Crippen LogP contribution is -2.41. The van der Waals surface area contributed by atoms with E-state index < -0.39 is 0 Å². The zero-order valence-electron chi connectivity index (χ0n) is 18.4. The molecule has 11 heteroatoms. The number of imidazole rings is 1. The Labute approximate surface area is 191 Å². The number of aliphatic hydroxyl groups is 1. The fraction of sp³-hybridized carbons (Fsp3) is 0.500. The largest absolute Gasteiger partial charge is 0.395 e. The first-order chi connectivity index (χ1) is 16.2. The van der Waals surface area contributed by atoms with Gasteiger partial charge in [-0.05, 0) is 25.0 Å². The van der Waals surface area contributed by atoms with Crippen LogP contribution in [0, 0.1) is 0 Å². The molecule has 3 N–H and O–H groups in total. The summed E-state index contributed by atoms with van der Waals surface area (Å²) in [6, 6.07) is 3.90. The molecule has 1 amide bonds. The average molecular weight is 453 g/mol. The van der Waals surface area contributed by atoms with Gasteiger partial charge in [0.05, 0.1) is 38.0 Å². The lowest BCUT2D eigenvalue weighted by Gasteiger charge is -2.26. The van der Waals surface area contributed by atoms with Crippen LogP contribution in [-0.2, 0) is 4.74 Å². The van der Waals surface area contributed by atoms with Gasteiger partial charge >= 0.3 is 0 Å². The Morgan fingerprint density at radius 1 is 1.15 bits per heavy atom. The number of morpholine rings is 1. The van der Waals surface area contributed by atoms with Crippen LogP contribution in [0.5, 0.6) is 0 Å². The van der Waals surface area contributed by atoms with E-state index in [4.69, 9.17) is 4.74 Å². The minimum Gasteiger partial charge on any atom is -0.395 e. The number of fused-ring (bicyclic) bond motifs is 1. The number of ether oxygens (including phenoxy) is 1. The van der Waals surface area contributed by atoms with Crippen molar-refractivity contribution in [2.45, 2.75) is 31.7 Å². The maximum atomic E-state index is 12.6. The van der Waals surface area contributed by atoms with E-state index in [2.05, 4.69) is 35.1 Å². The van der Waals surface area contributed by atoms with Crippen LogP contribution < -0.4 is 10.6 Å². The minimum atomic E-state index is -0.0972. The number of aromatic nitrogens is 5. The van der Waals surface area contributed by atoms with E-state index in [-0.39, 0.29) is 12.5 Å². The van der Waals surface area contributed by atoms with Crippen molar-refractivity contribution >= 4 is 34.5 Å². The Balaban J connectivity index is 1.40. The molecule has 0 bridgehead atoms. The number of pyridine rings is 1. The van der Waals surface area contributed by atoms with Crippen LogP contribution >= 0.6 is 0 Å². The van der Waals surface area contributed by atoms with Crippen molar-refractivity contribution in [1.82, 2.24) is 29.4 Å². The lowest BCUT2D eigenvalue weighted by molar-refractivity contribution is 0.0299. The van der Waals surface area contributed by atoms with Crippen molar-refractivity contribution in [3.8, 4) is 0 Å². The molecule has 0 radical (unpaired) electrons. The molecule has 1 aliphatic heterocycles. The molecular weight excluding hydrogens is 424 g/mol. The highest BCUT2D eigenvalue weighted by Gasteiger charge is 2.22. The Morgan fingerprint density at radius 2 is 1.97 bits per heavy atom. The molecule has 1 aliphatic carbocycles. The van der Waals surface area contributed by atoms with Gasteiger partial charge in [-0.3, -0.25) is 4.79 Å². The normalized spacial score (nSPS) is 16.9. The summed E-state index contributed by atoms with van der Waals surface area (Å²) in [5, 5.41) is 15.5. The van der Waals surface area contributed by atoms with Crippen molar-refractivity contribution in [3.63, 3.8) is 0 Å². The number of rotatable bonds is 7. The molecule has 4 heterocycles. The molecule has 0 spiro atoms. The van der Waals surface area contributed by atoms with Crippen molar-refractivity contribution < 1.29 is 14.6 Å². The fourth-order valence-corrected chi connectivity index (χ4v) is 4.36. The molecule has 33 heavy (non-hydrogen) atoms. The van der Waals surface area contributed by atoms with Crippen LogP contribution in [0.15, 0.2) is 24.7 Å². The highest BCUT2D eigenvalue weighted by atomic mass is 16.5. The van der Waals surface area contributed by atoms with E-state index in [0.29, 0.717) is 67.6 Å². The maximum Gasteiger partial charge on any atom is 0.272 e. The molecular formula is C22H28N8O3. The molecule has 1 saturated heterocycles. The number of hydrogen-bond acceptors (Lipinski definition) is 9. The number of aliphatic hydroxyl groups excluding tert-OH is 1. The maximum absolute atomic E-state index is 12.6. The van der Waals surface area contributed by atoms with Gasteiger partial charge in [-0.1, -0.05) is 12.8 Å². The highest BCUT2D eigenvalue weighted by Crippen LogP contribution is 2.33. The Bertz CT molecular complexity index is 1100. The van der Waals surface area contributed by atoms with Gasteiger partial charge in [0.1, 0.15) is 5.69 Å². The van der Waals surface area contributed by atoms with E-state index >= 15 is 0 Å². The van der Waals surface area contributed by atoms with Gasteiger partial charge in [0.15, 0.2) is 17.0 Å². The summed E-state index contributed by atoms with van der Waals surface area (Å²) in [6.45, 7) is 2.58. The predicted molar refractivity (Wildman–Crippen MR) is 123 cm³/mol. The number of hydrogen-bond donors (Lipinski definition) is 3. The minimum absolute atomic E-state index is 0.0192. The van der Waals surface area contributed by atoms with E-state index in [1.807, 2.05) is 12.4 Å². The van der Waals surface area contributed by atoms with Crippen molar-refractivity contribution in [2.75, 3.05) is 50.1 Å². The summed E-state index contributed by atoms with van der Waals surface area (Å²) in [7, 11) is 0. The van der Waals surface area contributed by atoms with Crippen LogP contribution in [0.2, 0.25) is 0 Å². The van der Waals surface area contributed by atoms with E-state index in [0.717, 1.165) is 18.5 Å². The first-order valence-electron chi connectivity index (χ1n) is 11.4. The van der Waals surface area contributed by atoms with Crippen molar-refractivity contribution in [1.29, 1.82) is 0 Å². The number of nitrogens with one attached hydrogen (secondary N) is 2. The zero-order chi connectivity index (χ0) is 22.6. The molecule has 3 aromatic rings. The number of anilines is 3. The molecule has 2 aliphatic rings. The van der Waals surface area contributed by atoms with Crippen LogP contribution in [0.25, 0.3) is 11.2 Å². The molecule has 0 unspecified atom stereocenters. The van der Waals surface area contributed by atoms with E-state index in [1.165, 1.54) is 12.8 Å². The third kappa shape index (κ3) is 4.60. The number of carbonyl (C=O) groups excluding carboxylic acids is 1. The summed E-state index contributed by atoms with van der Waals surface area (Å²) in [6.07, 6.45) is 8.09. The van der Waals surface area contributed by atoms with Gasteiger partial charge in [0, 0.05) is 25.7 Å². The van der Waals surface area contributed by atoms with Gasteiger partial charge in [-0.25, -0.2) is 9.97 Å². The smallest absolute Gasteiger partial charge is 0.272 e. The van der Waals surface area contributed by atoms with Crippen LogP contribution in [-0.4, -0.2) is 79.9 Å². The lowest BCUT2D eigenvalue weighted by atomic mass is 10.2. The summed E-state index contributed by atoms with van der Waals surface area (Å²) >= 11 is 0. The van der Waals surface area contributed by atoms with Gasteiger partial charge in [0.25, 0.3) is 5.91 Å². The van der Waals surface area contributed by atoms with Gasteiger partial charge in [-0.2, -0.15) is 9.97 Å². The Kier molecular flexibility index (Phi) is 6.31. The molecule has 174 valence electrons. The van der Waals surface area contributed by atoms with E-state index in [9.17, 15) is 9.90 Å². The van der Waals surface area contributed by atoms with Gasteiger partial charge in [0.2, 0.25) is 5.95 Å². The molecule has 0 atom stereocenters. The third-order valence-corrected chi connectivity index (χ3v) is 6.08. The predicted octanol–water partition coefficient (Wildman–Crippen LogP) is 1.96. The molecule has 11 nitrogen and oxygen atoms in total. The van der Waals surface area contributed by atoms with Crippen LogP contribution in [0.1, 0.15) is 42.2 Å². The summed E-state index contributed by atoms with van der Waals surface area (Å²) in [5.41, 5.74) is 2.51. The Morgan fingerprint density at radius 3 is 2.70 bits per heavy atom. The van der Waals surface area contributed by atoms with Crippen molar-refractivity contribution in [3.05, 3.63) is 30.4 Å². The first kappa shape index (κ1) is 21.5. The van der Waals surface area contributed by atoms with E-state index in [1.54, 1.807) is 17.2 Å². The van der Waals surface area contributed by atoms with Gasteiger partial charge < -0.3 is 29.9 Å². The molecule has 1 saturated carbocycles. The summed E-state index contributed by atoms with van der Waals surface area (Å²) in [4.78, 5) is 32.6. The summed E-state index contributed by atoms with van der Waals surface area (Å²) in [5.74, 6) is 0.872. The second kappa shape index (κ2) is 9.67. The highest BCUT2D eigenvalue weighted by molar-refractivity contribution is 5.93. The van der Waals surface area contributed by atoms with Crippen LogP contribution in [0.4, 0.5) is 17.5 Å². The second-order valence-corrected chi connectivity index (χ2v) is 8.27. The fourth-order valence-electron chi connectivity index (χ4n) is 4.36. The monoisotopic (exact) mass is 452 g/mol. The van der Waals surface area contributed by atoms with Crippen LogP contribution in [0.3, 0.4) is 0 Å². The molecule has 0 aromatic carbocycles. The third-order valence-electron chi connectivity index (χ3n) is 6.08. The number of nitrogens with zero attached hydrogens (tertiary/aromatic N) is 6. The second-order valence-electron chi connectivity index (χ2n) is 8.27. The number of carbonyl (C=O) groups is 1. The number of amides is 1. The molecule has 5 rings (SSSR count). The Hall–Kier alpha value is -3.31. The first-order valence-corrected chi connectivity index (χ1v) is 11.4. The summed E-state index contributed by atoms with van der Waals surface area (Å²) < 4.78 is 7.44. The SMILES string of the molecule is O=C(c1ccc(Nc2nc(NCCO)nc3c2ncn3C2CCCC2)cn1)N1CCOCC1. The quantitative estimate of drug-likeness (QED) is 0.492. The standard InChI is InChI=1S/C22H28N8O3/c31-10-7-23-22-27-19(18-20(28-22)30(14-25-18)16-3-1-2-4-16)26-15-5-6-17(24-13-15)21(32)29-8-11-33-12-9-29/h5-6,13-14,16,31H,1-4,7-12H2,(H2,23,26,27,28). The van der Waals surface area contributed by atoms with Crippen molar-refractivity contribution in [2.24, 2.45) is 0 Å².